The molecule has 0 radical (unpaired) electrons. The summed E-state index contributed by atoms with van der Waals surface area (Å²) in [6.45, 7) is 11.5. The van der Waals surface area contributed by atoms with Crippen molar-refractivity contribution in [1.82, 2.24) is 39.1 Å². The van der Waals surface area contributed by atoms with Gasteiger partial charge in [-0.15, -0.1) is 0 Å². The molecule has 3 aliphatic heterocycles. The van der Waals surface area contributed by atoms with Gasteiger partial charge in [0, 0.05) is 82.7 Å². The second kappa shape index (κ2) is 17.7. The summed E-state index contributed by atoms with van der Waals surface area (Å²) in [6, 6.07) is 21.7. The Balaban J connectivity index is 0.000000144. The number of nitrogens with one attached hydrogen (secondary N) is 1. The van der Waals surface area contributed by atoms with E-state index >= 15 is 0 Å². The van der Waals surface area contributed by atoms with E-state index in [0.717, 1.165) is 52.2 Å². The molecule has 0 saturated carbocycles. The van der Waals surface area contributed by atoms with Gasteiger partial charge in [0.1, 0.15) is 18.8 Å². The summed E-state index contributed by atoms with van der Waals surface area (Å²) >= 11 is 0. The van der Waals surface area contributed by atoms with E-state index < -0.39 is 0 Å². The first-order valence-corrected chi connectivity index (χ1v) is 16.8. The fraction of sp³-hybridized carbons (Fsp3) is 0.444. The van der Waals surface area contributed by atoms with Gasteiger partial charge in [-0.3, -0.25) is 18.9 Å². The number of nitrogens with zero attached hydrogens (tertiary/aromatic N) is 7. The van der Waals surface area contributed by atoms with Gasteiger partial charge in [-0.25, -0.2) is 19.6 Å². The van der Waals surface area contributed by atoms with Crippen molar-refractivity contribution in [3.8, 4) is 0 Å². The molecule has 2 unspecified atom stereocenters. The van der Waals surface area contributed by atoms with Crippen LogP contribution < -0.4 is 5.32 Å². The van der Waals surface area contributed by atoms with Gasteiger partial charge in [0.25, 0.3) is 0 Å². The highest BCUT2D eigenvalue weighted by atomic mass is 16.6. The quantitative estimate of drug-likeness (QED) is 0.291. The number of rotatable bonds is 8. The lowest BCUT2D eigenvalue weighted by molar-refractivity contribution is 0.132. The highest BCUT2D eigenvalue weighted by molar-refractivity contribution is 5.78. The number of cyclic esters (lactones) is 1. The number of benzene rings is 2. The fourth-order valence-electron chi connectivity index (χ4n) is 6.18. The minimum atomic E-state index is -0.252. The Hall–Kier alpha value is -4.36. The lowest BCUT2D eigenvalue weighted by Gasteiger charge is -2.22. The van der Waals surface area contributed by atoms with E-state index in [1.165, 1.54) is 39.3 Å². The van der Waals surface area contributed by atoms with Crippen molar-refractivity contribution in [2.45, 2.75) is 64.1 Å². The fourth-order valence-corrected chi connectivity index (χ4v) is 6.18. The number of aliphatic hydroxyl groups excluding tert-OH is 1. The van der Waals surface area contributed by atoms with E-state index in [1.807, 2.05) is 24.8 Å². The molecule has 2 N–H and O–H groups in total. The van der Waals surface area contributed by atoms with E-state index in [0.29, 0.717) is 18.6 Å². The summed E-state index contributed by atoms with van der Waals surface area (Å²) in [4.78, 5) is 37.4. The molecule has 3 fully saturated rings. The van der Waals surface area contributed by atoms with Crippen LogP contribution in [0.2, 0.25) is 0 Å². The molecule has 7 rings (SSSR count). The van der Waals surface area contributed by atoms with Crippen LogP contribution in [0.5, 0.6) is 0 Å². The number of carbonyl (C=O) groups excluding carboxylic acids is 2. The normalized spacial score (nSPS) is 21.6. The molecule has 12 nitrogen and oxygen atoms in total. The van der Waals surface area contributed by atoms with Gasteiger partial charge < -0.3 is 20.1 Å². The van der Waals surface area contributed by atoms with Gasteiger partial charge >= 0.3 is 12.1 Å². The number of hydrogen-bond acceptors (Lipinski definition) is 9. The maximum atomic E-state index is 11.7. The Morgan fingerprint density at radius 2 is 1.44 bits per heavy atom. The first-order chi connectivity index (χ1) is 23.3. The predicted molar refractivity (Wildman–Crippen MR) is 183 cm³/mol. The molecule has 3 saturated heterocycles. The average molecular weight is 657 g/mol. The molecule has 0 aliphatic carbocycles. The summed E-state index contributed by atoms with van der Waals surface area (Å²) in [7, 11) is 0. The van der Waals surface area contributed by atoms with Crippen molar-refractivity contribution in [3.05, 3.63) is 109 Å². The lowest BCUT2D eigenvalue weighted by atomic mass is 10.2. The summed E-state index contributed by atoms with van der Waals surface area (Å²) in [6.07, 6.45) is 11.0. The molecule has 0 spiro atoms. The van der Waals surface area contributed by atoms with Crippen LogP contribution in [0.25, 0.3) is 0 Å². The first kappa shape index (κ1) is 35.0. The average Bonchev–Trinajstić information content (AvgIpc) is 3.93. The molecule has 0 bridgehead atoms. The van der Waals surface area contributed by atoms with Crippen molar-refractivity contribution < 1.29 is 19.4 Å². The zero-order chi connectivity index (χ0) is 33.7. The topological polar surface area (TPSA) is 121 Å². The van der Waals surface area contributed by atoms with Gasteiger partial charge in [-0.2, -0.15) is 0 Å². The van der Waals surface area contributed by atoms with E-state index in [9.17, 15) is 14.7 Å². The second-order valence-electron chi connectivity index (χ2n) is 12.7. The first-order valence-electron chi connectivity index (χ1n) is 16.8. The Bertz CT molecular complexity index is 1470. The van der Waals surface area contributed by atoms with Crippen molar-refractivity contribution in [3.63, 3.8) is 0 Å². The SMILES string of the molecule is CC(O)CN[C@H]1CCN(Cc2ccccc2)C1.CC1CN([C@H]2CCN(Cc3ccccc3)C2)C(=O)O1.O=C(n1ccnc1)n1ccnc1. The van der Waals surface area contributed by atoms with Crippen LogP contribution in [-0.2, 0) is 17.8 Å². The zero-order valence-electron chi connectivity index (χ0n) is 27.9. The molecule has 256 valence electrons. The molecule has 4 aromatic rings. The van der Waals surface area contributed by atoms with Gasteiger partial charge in [0.05, 0.1) is 12.6 Å². The monoisotopic (exact) mass is 656 g/mol. The predicted octanol–water partition coefficient (Wildman–Crippen LogP) is 3.93. The summed E-state index contributed by atoms with van der Waals surface area (Å²) in [5.74, 6) is 0. The number of carbonyl (C=O) groups is 2. The number of hydrogen-bond donors (Lipinski definition) is 2. The number of likely N-dealkylation sites (tertiary alicyclic amines) is 2. The van der Waals surface area contributed by atoms with Crippen LogP contribution in [-0.4, -0.2) is 115 Å². The number of aromatic nitrogens is 4. The highest BCUT2D eigenvalue weighted by Gasteiger charge is 2.37. The molecular weight excluding hydrogens is 608 g/mol. The molecule has 12 heteroatoms. The Kier molecular flexibility index (Phi) is 12.9. The standard InChI is InChI=1S/C15H20N2O2.C14H22N2O.C7H6N4O/c1-12-9-17(15(18)19-12)14-7-8-16(11-14)10-13-5-3-2-4-6-13;1-12(17)9-15-14-7-8-16(11-14)10-13-5-3-2-4-6-13;12-7(10-3-1-8-5-10)11-4-2-9-6-11/h2-6,12,14H,7-11H2,1H3;2-6,12,14-15,17H,7-11H2,1H3;1-6H/t2*12?,14-;/m00./s1. The maximum Gasteiger partial charge on any atom is 0.410 e. The van der Waals surface area contributed by atoms with Crippen molar-refractivity contribution >= 4 is 12.1 Å². The van der Waals surface area contributed by atoms with Crippen LogP contribution in [0.1, 0.15) is 37.8 Å². The third-order valence-corrected chi connectivity index (χ3v) is 8.60. The largest absolute Gasteiger partial charge is 0.444 e. The maximum absolute atomic E-state index is 11.7. The smallest absolute Gasteiger partial charge is 0.410 e. The Labute approximate surface area is 283 Å². The van der Waals surface area contributed by atoms with Crippen molar-refractivity contribution in [1.29, 1.82) is 0 Å². The van der Waals surface area contributed by atoms with Gasteiger partial charge in [-0.1, -0.05) is 60.7 Å². The highest BCUT2D eigenvalue weighted by Crippen LogP contribution is 2.23. The third kappa shape index (κ3) is 10.6. The number of imidazole rings is 2. The lowest BCUT2D eigenvalue weighted by Crippen LogP contribution is -2.38. The molecule has 5 heterocycles. The van der Waals surface area contributed by atoms with Gasteiger partial charge in [0.15, 0.2) is 0 Å². The molecule has 48 heavy (non-hydrogen) atoms. The minimum Gasteiger partial charge on any atom is -0.444 e. The molecule has 1 amide bonds. The molecule has 4 atom stereocenters. The van der Waals surface area contributed by atoms with E-state index in [2.05, 4.69) is 79.7 Å². The van der Waals surface area contributed by atoms with Crippen LogP contribution in [0.3, 0.4) is 0 Å². The van der Waals surface area contributed by atoms with E-state index in [1.54, 1.807) is 24.8 Å². The van der Waals surface area contributed by atoms with E-state index in [4.69, 9.17) is 4.74 Å². The van der Waals surface area contributed by atoms with Crippen LogP contribution in [0, 0.1) is 0 Å². The van der Waals surface area contributed by atoms with Crippen LogP contribution >= 0.6 is 0 Å². The van der Waals surface area contributed by atoms with Gasteiger partial charge in [0.2, 0.25) is 0 Å². The van der Waals surface area contributed by atoms with Crippen LogP contribution in [0.15, 0.2) is 98.1 Å². The minimum absolute atomic E-state index is 0.0377. The molecule has 3 aliphatic rings. The zero-order valence-corrected chi connectivity index (χ0v) is 27.9. The molecular formula is C36H48N8O4. The number of aliphatic hydroxyl groups is 1. The third-order valence-electron chi connectivity index (χ3n) is 8.60. The summed E-state index contributed by atoms with van der Waals surface area (Å²) in [5, 5.41) is 12.6. The van der Waals surface area contributed by atoms with Crippen molar-refractivity contribution in [2.75, 3.05) is 39.3 Å². The molecule has 2 aromatic heterocycles. The summed E-state index contributed by atoms with van der Waals surface area (Å²) in [5.41, 5.74) is 2.71. The number of amides is 1. The summed E-state index contributed by atoms with van der Waals surface area (Å²) < 4.78 is 7.96. The molecule has 2 aromatic carbocycles. The number of ether oxygens (including phenoxy) is 1. The van der Waals surface area contributed by atoms with Crippen molar-refractivity contribution in [2.24, 2.45) is 0 Å². The van der Waals surface area contributed by atoms with E-state index in [-0.39, 0.29) is 24.3 Å². The Morgan fingerprint density at radius 3 is 1.94 bits per heavy atom. The van der Waals surface area contributed by atoms with Crippen LogP contribution in [0.4, 0.5) is 9.59 Å². The second-order valence-corrected chi connectivity index (χ2v) is 12.7. The Morgan fingerprint density at radius 1 is 0.875 bits per heavy atom. The van der Waals surface area contributed by atoms with Gasteiger partial charge in [-0.05, 0) is 37.8 Å².